The maximum atomic E-state index is 4.28. The van der Waals surface area contributed by atoms with E-state index in [1.807, 2.05) is 12.1 Å². The van der Waals surface area contributed by atoms with Gasteiger partial charge in [0.2, 0.25) is 0 Å². The third-order valence-electron chi connectivity index (χ3n) is 1.90. The fraction of sp³-hybridized carbons (Fsp3) is 0.400. The molecule has 0 bridgehead atoms. The first-order valence-electron chi connectivity index (χ1n) is 4.30. The van der Waals surface area contributed by atoms with E-state index in [1.54, 1.807) is 6.20 Å². The zero-order valence-electron chi connectivity index (χ0n) is 7.75. The van der Waals surface area contributed by atoms with Gasteiger partial charge in [-0.3, -0.25) is 0 Å². The van der Waals surface area contributed by atoms with Crippen molar-refractivity contribution in [3.8, 4) is 0 Å². The van der Waals surface area contributed by atoms with Crippen molar-refractivity contribution < 1.29 is 0 Å². The molecule has 1 heterocycles. The number of hydrogen-bond donors (Lipinski definition) is 0. The molecular weight excluding hydrogens is 148 g/mol. The van der Waals surface area contributed by atoms with Crippen molar-refractivity contribution in [3.63, 3.8) is 0 Å². The van der Waals surface area contributed by atoms with E-state index in [9.17, 15) is 0 Å². The smallest absolute Gasteiger partial charge is 0.128 e. The van der Waals surface area contributed by atoms with Crippen molar-refractivity contribution in [1.29, 1.82) is 0 Å². The second-order valence-corrected chi connectivity index (χ2v) is 2.70. The molecule has 2 nitrogen and oxygen atoms in total. The van der Waals surface area contributed by atoms with E-state index in [1.165, 1.54) is 0 Å². The standard InChI is InChI=1S/C10H15N2/c1-4-12(5-2)10-7-6-9(3)8-11-10/h6-8H,3-5H2,1-2H3. The van der Waals surface area contributed by atoms with Crippen LogP contribution in [0.1, 0.15) is 19.4 Å². The van der Waals surface area contributed by atoms with Crippen LogP contribution in [0.4, 0.5) is 5.82 Å². The molecular formula is C10H15N2. The lowest BCUT2D eigenvalue weighted by Crippen LogP contribution is -2.22. The Bertz CT molecular complexity index is 224. The lowest BCUT2D eigenvalue weighted by molar-refractivity contribution is 0.846. The van der Waals surface area contributed by atoms with Crippen LogP contribution in [0.15, 0.2) is 18.3 Å². The Morgan fingerprint density at radius 3 is 2.42 bits per heavy atom. The summed E-state index contributed by atoms with van der Waals surface area (Å²) in [6, 6.07) is 4.00. The number of rotatable bonds is 3. The fourth-order valence-electron chi connectivity index (χ4n) is 1.15. The summed E-state index contributed by atoms with van der Waals surface area (Å²) < 4.78 is 0. The molecule has 0 fully saturated rings. The number of nitrogens with zero attached hydrogens (tertiary/aromatic N) is 2. The zero-order valence-corrected chi connectivity index (χ0v) is 7.75. The van der Waals surface area contributed by atoms with Crippen molar-refractivity contribution in [1.82, 2.24) is 4.98 Å². The predicted molar refractivity (Wildman–Crippen MR) is 52.3 cm³/mol. The van der Waals surface area contributed by atoms with Crippen LogP contribution in [0.3, 0.4) is 0 Å². The van der Waals surface area contributed by atoms with Gasteiger partial charge < -0.3 is 4.90 Å². The molecule has 0 N–H and O–H groups in total. The molecule has 1 rings (SSSR count). The normalized spacial score (nSPS) is 9.92. The van der Waals surface area contributed by atoms with Crippen molar-refractivity contribution in [2.75, 3.05) is 18.0 Å². The minimum Gasteiger partial charge on any atom is -0.357 e. The molecule has 0 amide bonds. The Kier molecular flexibility index (Phi) is 3.09. The zero-order chi connectivity index (χ0) is 8.97. The number of anilines is 1. The highest BCUT2D eigenvalue weighted by Gasteiger charge is 2.00. The number of hydrogen-bond acceptors (Lipinski definition) is 2. The maximum Gasteiger partial charge on any atom is 0.128 e. The summed E-state index contributed by atoms with van der Waals surface area (Å²) in [5.41, 5.74) is 0.964. The highest BCUT2D eigenvalue weighted by atomic mass is 15.2. The second-order valence-electron chi connectivity index (χ2n) is 2.70. The van der Waals surface area contributed by atoms with Crippen molar-refractivity contribution in [2.24, 2.45) is 0 Å². The Morgan fingerprint density at radius 1 is 1.33 bits per heavy atom. The van der Waals surface area contributed by atoms with E-state index in [2.05, 4.69) is 30.7 Å². The summed E-state index contributed by atoms with van der Waals surface area (Å²) >= 11 is 0. The number of aromatic nitrogens is 1. The molecule has 12 heavy (non-hydrogen) atoms. The molecule has 2 heteroatoms. The average Bonchev–Trinajstić information content (AvgIpc) is 2.10. The molecule has 0 aliphatic heterocycles. The van der Waals surface area contributed by atoms with Gasteiger partial charge in [0.15, 0.2) is 0 Å². The molecule has 65 valence electrons. The minimum absolute atomic E-state index is 0.964. The molecule has 0 atom stereocenters. The molecule has 1 aromatic heterocycles. The van der Waals surface area contributed by atoms with E-state index < -0.39 is 0 Å². The third kappa shape index (κ3) is 1.97. The summed E-state index contributed by atoms with van der Waals surface area (Å²) in [7, 11) is 0. The van der Waals surface area contributed by atoms with Gasteiger partial charge in [-0.25, -0.2) is 4.98 Å². The topological polar surface area (TPSA) is 16.1 Å². The average molecular weight is 163 g/mol. The van der Waals surface area contributed by atoms with Gasteiger partial charge in [0.25, 0.3) is 0 Å². The summed E-state index contributed by atoms with van der Waals surface area (Å²) in [6.45, 7) is 10.0. The van der Waals surface area contributed by atoms with Gasteiger partial charge in [0.1, 0.15) is 5.82 Å². The van der Waals surface area contributed by atoms with Gasteiger partial charge >= 0.3 is 0 Å². The molecule has 1 aromatic rings. The summed E-state index contributed by atoms with van der Waals surface area (Å²) in [5.74, 6) is 1.03. The van der Waals surface area contributed by atoms with Crippen molar-refractivity contribution in [3.05, 3.63) is 30.8 Å². The fourth-order valence-corrected chi connectivity index (χ4v) is 1.15. The molecule has 0 spiro atoms. The SMILES string of the molecule is [CH2]c1ccc(N(CC)CC)nc1. The quantitative estimate of drug-likeness (QED) is 0.678. The third-order valence-corrected chi connectivity index (χ3v) is 1.90. The minimum atomic E-state index is 0.964. The molecule has 0 aliphatic rings. The Balaban J connectivity index is 2.80. The van der Waals surface area contributed by atoms with Gasteiger partial charge in [-0.05, 0) is 32.4 Å². The van der Waals surface area contributed by atoms with E-state index in [-0.39, 0.29) is 0 Å². The summed E-state index contributed by atoms with van der Waals surface area (Å²) in [4.78, 5) is 6.49. The maximum absolute atomic E-state index is 4.28. The first-order chi connectivity index (χ1) is 5.77. The van der Waals surface area contributed by atoms with Crippen LogP contribution in [0, 0.1) is 6.92 Å². The summed E-state index contributed by atoms with van der Waals surface area (Å²) in [5, 5.41) is 0. The predicted octanol–water partition coefficient (Wildman–Crippen LogP) is 2.11. The summed E-state index contributed by atoms with van der Waals surface area (Å²) in [6.07, 6.45) is 1.80. The van der Waals surface area contributed by atoms with Crippen LogP contribution in [-0.4, -0.2) is 18.1 Å². The molecule has 0 aromatic carbocycles. The van der Waals surface area contributed by atoms with Crippen LogP contribution in [0.5, 0.6) is 0 Å². The van der Waals surface area contributed by atoms with Gasteiger partial charge in [0, 0.05) is 19.3 Å². The number of pyridine rings is 1. The van der Waals surface area contributed by atoms with Crippen LogP contribution in [0.2, 0.25) is 0 Å². The highest BCUT2D eigenvalue weighted by molar-refractivity contribution is 5.39. The largest absolute Gasteiger partial charge is 0.357 e. The molecule has 1 radical (unpaired) electrons. The molecule has 0 saturated heterocycles. The van der Waals surface area contributed by atoms with Crippen molar-refractivity contribution in [2.45, 2.75) is 13.8 Å². The van der Waals surface area contributed by atoms with Crippen LogP contribution in [0.25, 0.3) is 0 Å². The molecule has 0 unspecified atom stereocenters. The van der Waals surface area contributed by atoms with Gasteiger partial charge in [0.05, 0.1) is 0 Å². The second kappa shape index (κ2) is 4.10. The Hall–Kier alpha value is -1.05. The van der Waals surface area contributed by atoms with E-state index >= 15 is 0 Å². The van der Waals surface area contributed by atoms with E-state index in [0.29, 0.717) is 0 Å². The Labute approximate surface area is 74.2 Å². The first kappa shape index (κ1) is 9.04. The van der Waals surface area contributed by atoms with Gasteiger partial charge in [-0.1, -0.05) is 6.07 Å². The lowest BCUT2D eigenvalue weighted by Gasteiger charge is -2.19. The molecule has 0 aliphatic carbocycles. The monoisotopic (exact) mass is 163 g/mol. The first-order valence-corrected chi connectivity index (χ1v) is 4.30. The van der Waals surface area contributed by atoms with Crippen LogP contribution >= 0.6 is 0 Å². The van der Waals surface area contributed by atoms with Crippen LogP contribution in [-0.2, 0) is 0 Å². The van der Waals surface area contributed by atoms with E-state index in [0.717, 1.165) is 24.5 Å². The van der Waals surface area contributed by atoms with Crippen molar-refractivity contribution >= 4 is 5.82 Å². The Morgan fingerprint density at radius 2 is 2.00 bits per heavy atom. The highest BCUT2D eigenvalue weighted by Crippen LogP contribution is 2.09. The lowest BCUT2D eigenvalue weighted by atomic mass is 10.3. The van der Waals surface area contributed by atoms with Crippen LogP contribution < -0.4 is 4.90 Å². The molecule has 0 saturated carbocycles. The van der Waals surface area contributed by atoms with E-state index in [4.69, 9.17) is 0 Å². The van der Waals surface area contributed by atoms with Gasteiger partial charge in [-0.2, -0.15) is 0 Å². The van der Waals surface area contributed by atoms with Gasteiger partial charge in [-0.15, -0.1) is 0 Å².